The molecule has 1 heterocycles. The van der Waals surface area contributed by atoms with Gasteiger partial charge in [0, 0.05) is 13.1 Å². The fourth-order valence-electron chi connectivity index (χ4n) is 2.01. The summed E-state index contributed by atoms with van der Waals surface area (Å²) in [5.74, 6) is 0.937. The van der Waals surface area contributed by atoms with Crippen LogP contribution < -0.4 is 0 Å². The number of aryl methyl sites for hydroxylation is 1. The minimum atomic E-state index is 0.769. The quantitative estimate of drug-likeness (QED) is 0.764. The number of hydrogen-bond donors (Lipinski definition) is 0. The van der Waals surface area contributed by atoms with E-state index in [1.54, 1.807) is 0 Å². The Hall–Kier alpha value is -1.75. The van der Waals surface area contributed by atoms with Crippen LogP contribution in [0.2, 0.25) is 0 Å². The van der Waals surface area contributed by atoms with Gasteiger partial charge in [0.15, 0.2) is 5.82 Å². The SMILES string of the molecule is CCCCn1nnnc1CN(C)Cc1ccccc1. The summed E-state index contributed by atoms with van der Waals surface area (Å²) in [4.78, 5) is 2.23. The molecule has 2 aromatic rings. The molecule has 0 amide bonds. The summed E-state index contributed by atoms with van der Waals surface area (Å²) in [6, 6.07) is 10.4. The molecule has 0 aliphatic carbocycles. The first-order valence-corrected chi connectivity index (χ1v) is 6.77. The highest BCUT2D eigenvalue weighted by Crippen LogP contribution is 2.06. The zero-order chi connectivity index (χ0) is 13.5. The molecule has 102 valence electrons. The van der Waals surface area contributed by atoms with Gasteiger partial charge in [0.05, 0.1) is 6.54 Å². The first-order valence-electron chi connectivity index (χ1n) is 6.77. The van der Waals surface area contributed by atoms with Crippen molar-refractivity contribution in [2.24, 2.45) is 0 Å². The van der Waals surface area contributed by atoms with Crippen molar-refractivity contribution in [3.8, 4) is 0 Å². The highest BCUT2D eigenvalue weighted by molar-refractivity contribution is 5.14. The van der Waals surface area contributed by atoms with Crippen LogP contribution in [0.25, 0.3) is 0 Å². The van der Waals surface area contributed by atoms with Crippen molar-refractivity contribution in [2.45, 2.75) is 39.4 Å². The molecule has 0 radical (unpaired) electrons. The Morgan fingerprint density at radius 2 is 1.95 bits per heavy atom. The van der Waals surface area contributed by atoms with Gasteiger partial charge in [-0.25, -0.2) is 4.68 Å². The third-order valence-corrected chi connectivity index (χ3v) is 3.04. The lowest BCUT2D eigenvalue weighted by molar-refractivity contribution is 0.301. The summed E-state index contributed by atoms with van der Waals surface area (Å²) in [6.45, 7) is 4.75. The lowest BCUT2D eigenvalue weighted by Crippen LogP contribution is -2.20. The maximum atomic E-state index is 4.11. The van der Waals surface area contributed by atoms with Crippen LogP contribution in [0.4, 0.5) is 0 Å². The largest absolute Gasteiger partial charge is 0.295 e. The van der Waals surface area contributed by atoms with Crippen molar-refractivity contribution in [3.05, 3.63) is 41.7 Å². The number of nitrogens with zero attached hydrogens (tertiary/aromatic N) is 5. The number of rotatable bonds is 7. The van der Waals surface area contributed by atoms with Crippen molar-refractivity contribution in [2.75, 3.05) is 7.05 Å². The highest BCUT2D eigenvalue weighted by Gasteiger charge is 2.09. The van der Waals surface area contributed by atoms with Gasteiger partial charge in [-0.1, -0.05) is 43.7 Å². The van der Waals surface area contributed by atoms with Crippen LogP contribution in [0.15, 0.2) is 30.3 Å². The predicted molar refractivity (Wildman–Crippen MR) is 74.3 cm³/mol. The van der Waals surface area contributed by atoms with E-state index in [2.05, 4.69) is 58.7 Å². The van der Waals surface area contributed by atoms with Gasteiger partial charge < -0.3 is 0 Å². The second-order valence-corrected chi connectivity index (χ2v) is 4.83. The number of unbranched alkanes of at least 4 members (excludes halogenated alkanes) is 1. The molecule has 0 aliphatic heterocycles. The molecule has 0 bridgehead atoms. The molecular formula is C14H21N5. The lowest BCUT2D eigenvalue weighted by Gasteiger charge is -2.16. The van der Waals surface area contributed by atoms with E-state index in [-0.39, 0.29) is 0 Å². The van der Waals surface area contributed by atoms with E-state index in [9.17, 15) is 0 Å². The Morgan fingerprint density at radius 3 is 2.68 bits per heavy atom. The Balaban J connectivity index is 1.91. The number of aromatic nitrogens is 4. The van der Waals surface area contributed by atoms with Crippen molar-refractivity contribution in [1.82, 2.24) is 25.1 Å². The molecule has 5 heteroatoms. The molecule has 0 fully saturated rings. The summed E-state index contributed by atoms with van der Waals surface area (Å²) >= 11 is 0. The van der Waals surface area contributed by atoms with Gasteiger partial charge >= 0.3 is 0 Å². The van der Waals surface area contributed by atoms with Crippen molar-refractivity contribution < 1.29 is 0 Å². The van der Waals surface area contributed by atoms with E-state index in [1.165, 1.54) is 5.56 Å². The van der Waals surface area contributed by atoms with Crippen LogP contribution >= 0.6 is 0 Å². The molecule has 1 aromatic carbocycles. The third-order valence-electron chi connectivity index (χ3n) is 3.04. The van der Waals surface area contributed by atoms with E-state index in [1.807, 2.05) is 10.7 Å². The summed E-state index contributed by atoms with van der Waals surface area (Å²) < 4.78 is 1.91. The fourth-order valence-corrected chi connectivity index (χ4v) is 2.01. The Bertz CT molecular complexity index is 480. The maximum Gasteiger partial charge on any atom is 0.165 e. The lowest BCUT2D eigenvalue weighted by atomic mass is 10.2. The minimum Gasteiger partial charge on any atom is -0.295 e. The van der Waals surface area contributed by atoms with Gasteiger partial charge in [-0.15, -0.1) is 5.10 Å². The van der Waals surface area contributed by atoms with Crippen LogP contribution in [0.1, 0.15) is 31.2 Å². The third kappa shape index (κ3) is 4.13. The molecule has 19 heavy (non-hydrogen) atoms. The standard InChI is InChI=1S/C14H21N5/c1-3-4-10-19-14(15-16-17-19)12-18(2)11-13-8-6-5-7-9-13/h5-9H,3-4,10-12H2,1-2H3. The average Bonchev–Trinajstić information content (AvgIpc) is 2.84. The van der Waals surface area contributed by atoms with Crippen molar-refractivity contribution >= 4 is 0 Å². The number of benzene rings is 1. The zero-order valence-electron chi connectivity index (χ0n) is 11.7. The Kier molecular flexibility index (Phi) is 5.03. The Labute approximate surface area is 114 Å². The van der Waals surface area contributed by atoms with E-state index >= 15 is 0 Å². The monoisotopic (exact) mass is 259 g/mol. The fraction of sp³-hybridized carbons (Fsp3) is 0.500. The molecule has 2 rings (SSSR count). The molecule has 0 saturated heterocycles. The first kappa shape index (κ1) is 13.7. The number of tetrazole rings is 1. The maximum absolute atomic E-state index is 4.11. The second kappa shape index (κ2) is 6.99. The van der Waals surface area contributed by atoms with Crippen molar-refractivity contribution in [1.29, 1.82) is 0 Å². The van der Waals surface area contributed by atoms with Gasteiger partial charge in [0.1, 0.15) is 0 Å². The first-order chi connectivity index (χ1) is 9.29. The van der Waals surface area contributed by atoms with Gasteiger partial charge in [-0.3, -0.25) is 4.90 Å². The van der Waals surface area contributed by atoms with E-state index < -0.39 is 0 Å². The topological polar surface area (TPSA) is 46.8 Å². The normalized spacial score (nSPS) is 11.1. The summed E-state index contributed by atoms with van der Waals surface area (Å²) in [5, 5.41) is 11.9. The molecule has 5 nitrogen and oxygen atoms in total. The van der Waals surface area contributed by atoms with E-state index in [0.29, 0.717) is 0 Å². The van der Waals surface area contributed by atoms with Crippen molar-refractivity contribution in [3.63, 3.8) is 0 Å². The molecule has 0 saturated carbocycles. The average molecular weight is 259 g/mol. The zero-order valence-corrected chi connectivity index (χ0v) is 11.7. The van der Waals surface area contributed by atoms with Crippen LogP contribution in [0.5, 0.6) is 0 Å². The van der Waals surface area contributed by atoms with Gasteiger partial charge in [-0.2, -0.15) is 0 Å². The molecule has 0 unspecified atom stereocenters. The van der Waals surface area contributed by atoms with Crippen LogP contribution in [-0.4, -0.2) is 32.2 Å². The minimum absolute atomic E-state index is 0.769. The van der Waals surface area contributed by atoms with Gasteiger partial charge in [0.2, 0.25) is 0 Å². The summed E-state index contributed by atoms with van der Waals surface area (Å²) in [5.41, 5.74) is 1.30. The molecule has 0 atom stereocenters. The molecule has 0 spiro atoms. The van der Waals surface area contributed by atoms with Crippen LogP contribution in [0.3, 0.4) is 0 Å². The number of hydrogen-bond acceptors (Lipinski definition) is 4. The smallest absolute Gasteiger partial charge is 0.165 e. The van der Waals surface area contributed by atoms with Crippen LogP contribution in [0, 0.1) is 0 Å². The van der Waals surface area contributed by atoms with Gasteiger partial charge in [-0.05, 0) is 29.5 Å². The Morgan fingerprint density at radius 1 is 1.16 bits per heavy atom. The molecule has 0 aliphatic rings. The molecule has 0 N–H and O–H groups in total. The molecule has 1 aromatic heterocycles. The second-order valence-electron chi connectivity index (χ2n) is 4.83. The van der Waals surface area contributed by atoms with Crippen LogP contribution in [-0.2, 0) is 19.6 Å². The van der Waals surface area contributed by atoms with E-state index in [4.69, 9.17) is 0 Å². The highest BCUT2D eigenvalue weighted by atomic mass is 15.5. The van der Waals surface area contributed by atoms with Gasteiger partial charge in [0.25, 0.3) is 0 Å². The molecular weight excluding hydrogens is 238 g/mol. The van der Waals surface area contributed by atoms with E-state index in [0.717, 1.165) is 38.3 Å². The summed E-state index contributed by atoms with van der Waals surface area (Å²) in [7, 11) is 2.09. The predicted octanol–water partition coefficient (Wildman–Crippen LogP) is 2.11. The summed E-state index contributed by atoms with van der Waals surface area (Å²) in [6.07, 6.45) is 2.26.